The third-order valence-corrected chi connectivity index (χ3v) is 9.37. The molecule has 2 aliphatic carbocycles. The van der Waals surface area contributed by atoms with E-state index >= 15 is 4.39 Å². The number of aliphatic hydroxyl groups is 1. The van der Waals surface area contributed by atoms with E-state index in [0.717, 1.165) is 77.8 Å². The number of alkyl halides is 3. The molecule has 4 rings (SSSR count). The van der Waals surface area contributed by atoms with E-state index in [9.17, 15) is 13.9 Å². The van der Waals surface area contributed by atoms with Crippen LogP contribution in [0.4, 0.5) is 13.2 Å². The van der Waals surface area contributed by atoms with E-state index in [1.807, 2.05) is 13.8 Å². The molecule has 0 aromatic rings. The van der Waals surface area contributed by atoms with Gasteiger partial charge in [0.1, 0.15) is 0 Å². The molecule has 2 aliphatic heterocycles. The molecule has 5 nitrogen and oxygen atoms in total. The summed E-state index contributed by atoms with van der Waals surface area (Å²) >= 11 is 0. The Labute approximate surface area is 210 Å². The number of nitrogens with zero attached hydrogens (tertiary/aromatic N) is 1. The summed E-state index contributed by atoms with van der Waals surface area (Å²) in [6.07, 6.45) is 8.56. The maximum absolute atomic E-state index is 15.8. The van der Waals surface area contributed by atoms with E-state index in [1.54, 1.807) is 0 Å². The first-order chi connectivity index (χ1) is 16.5. The molecule has 35 heavy (non-hydrogen) atoms. The van der Waals surface area contributed by atoms with Gasteiger partial charge in [-0.3, -0.25) is 20.9 Å². The van der Waals surface area contributed by atoms with Gasteiger partial charge in [0, 0.05) is 25.2 Å². The minimum atomic E-state index is -2.59. The number of hydrogen-bond donors (Lipinski definition) is 4. The summed E-state index contributed by atoms with van der Waals surface area (Å²) in [6, 6.07) is 0.294. The van der Waals surface area contributed by atoms with Crippen LogP contribution < -0.4 is 16.0 Å². The van der Waals surface area contributed by atoms with Gasteiger partial charge in [-0.15, -0.1) is 0 Å². The van der Waals surface area contributed by atoms with Crippen molar-refractivity contribution in [3.63, 3.8) is 0 Å². The van der Waals surface area contributed by atoms with Crippen molar-refractivity contribution in [2.24, 2.45) is 23.7 Å². The second kappa shape index (κ2) is 11.5. The predicted molar refractivity (Wildman–Crippen MR) is 134 cm³/mol. The Morgan fingerprint density at radius 2 is 1.57 bits per heavy atom. The molecule has 4 N–H and O–H groups in total. The van der Waals surface area contributed by atoms with Crippen molar-refractivity contribution in [1.29, 1.82) is 0 Å². The monoisotopic (exact) mass is 502 g/mol. The Kier molecular flexibility index (Phi) is 9.11. The van der Waals surface area contributed by atoms with Crippen LogP contribution in [0.5, 0.6) is 0 Å². The summed E-state index contributed by atoms with van der Waals surface area (Å²) in [7, 11) is 0. The Morgan fingerprint density at radius 1 is 0.914 bits per heavy atom. The SMILES string of the molecule is CC(C)(O)CC1CCC(CNC2NCNC(N3CCCC3C3CCC(C(C)(F)F)CC3)C2F)CC1. The Balaban J connectivity index is 1.25. The molecule has 2 saturated carbocycles. The zero-order valence-corrected chi connectivity index (χ0v) is 22.0. The topological polar surface area (TPSA) is 59.6 Å². The predicted octanol–water partition coefficient (Wildman–Crippen LogP) is 4.61. The van der Waals surface area contributed by atoms with Gasteiger partial charge in [-0.2, -0.15) is 0 Å². The highest BCUT2D eigenvalue weighted by Crippen LogP contribution is 2.42. The summed E-state index contributed by atoms with van der Waals surface area (Å²) in [6.45, 7) is 7.10. The standard InChI is InChI=1S/C27H49F3N4O/c1-26(2,35)15-18-6-8-19(9-7-18)16-31-24-23(28)25(33-17-32-24)34-14-4-5-22(34)20-10-12-21(13-11-20)27(3,29)30/h18-25,31-33,35H,4-17H2,1-3H3. The molecule has 0 aromatic heterocycles. The molecular weight excluding hydrogens is 453 g/mol. The van der Waals surface area contributed by atoms with E-state index in [4.69, 9.17) is 0 Å². The number of rotatable bonds is 8. The highest BCUT2D eigenvalue weighted by Gasteiger charge is 2.45. The molecule has 0 spiro atoms. The van der Waals surface area contributed by atoms with Crippen molar-refractivity contribution in [3.8, 4) is 0 Å². The first-order valence-corrected chi connectivity index (χ1v) is 14.2. The number of halogens is 3. The first kappa shape index (κ1) is 27.6. The average Bonchev–Trinajstić information content (AvgIpc) is 3.27. The maximum atomic E-state index is 15.8. The summed E-state index contributed by atoms with van der Waals surface area (Å²) < 4.78 is 43.3. The van der Waals surface area contributed by atoms with Crippen LogP contribution in [0.15, 0.2) is 0 Å². The lowest BCUT2D eigenvalue weighted by Gasteiger charge is -2.45. The first-order valence-electron chi connectivity index (χ1n) is 14.2. The van der Waals surface area contributed by atoms with Gasteiger partial charge in [0.25, 0.3) is 0 Å². The molecule has 4 unspecified atom stereocenters. The van der Waals surface area contributed by atoms with E-state index < -0.39 is 23.6 Å². The molecule has 0 amide bonds. The summed E-state index contributed by atoms with van der Waals surface area (Å²) in [5.74, 6) is -1.55. The third kappa shape index (κ3) is 7.34. The van der Waals surface area contributed by atoms with Crippen molar-refractivity contribution >= 4 is 0 Å². The largest absolute Gasteiger partial charge is 0.390 e. The zero-order valence-electron chi connectivity index (χ0n) is 22.0. The Hall–Kier alpha value is -0.410. The number of nitrogens with one attached hydrogen (secondary N) is 3. The lowest BCUT2D eigenvalue weighted by Crippen LogP contribution is -2.69. The van der Waals surface area contributed by atoms with Crippen molar-refractivity contribution in [2.75, 3.05) is 19.8 Å². The molecule has 4 atom stereocenters. The normalized spacial score (nSPS) is 40.2. The quantitative estimate of drug-likeness (QED) is 0.391. The van der Waals surface area contributed by atoms with Crippen LogP contribution in [-0.4, -0.2) is 65.8 Å². The van der Waals surface area contributed by atoms with Crippen LogP contribution in [0, 0.1) is 23.7 Å². The van der Waals surface area contributed by atoms with E-state index in [0.29, 0.717) is 43.3 Å². The smallest absolute Gasteiger partial charge is 0.248 e. The fraction of sp³-hybridized carbons (Fsp3) is 1.00. The Bertz CT molecular complexity index is 654. The van der Waals surface area contributed by atoms with Crippen LogP contribution in [0.3, 0.4) is 0 Å². The van der Waals surface area contributed by atoms with Gasteiger partial charge >= 0.3 is 0 Å². The van der Waals surface area contributed by atoms with Gasteiger partial charge < -0.3 is 5.11 Å². The van der Waals surface area contributed by atoms with Crippen molar-refractivity contribution in [3.05, 3.63) is 0 Å². The molecular formula is C27H49F3N4O. The summed E-state index contributed by atoms with van der Waals surface area (Å²) in [4.78, 5) is 2.32. The van der Waals surface area contributed by atoms with Crippen molar-refractivity contribution in [2.45, 2.75) is 127 Å². The number of hydrogen-bond acceptors (Lipinski definition) is 5. The van der Waals surface area contributed by atoms with E-state index in [2.05, 4.69) is 20.9 Å². The molecule has 4 fully saturated rings. The van der Waals surface area contributed by atoms with E-state index in [1.165, 1.54) is 0 Å². The molecule has 0 bridgehead atoms. The second-order valence-corrected chi connectivity index (χ2v) is 12.8. The van der Waals surface area contributed by atoms with Gasteiger partial charge in [0.2, 0.25) is 5.92 Å². The molecule has 0 radical (unpaired) electrons. The van der Waals surface area contributed by atoms with Crippen LogP contribution >= 0.6 is 0 Å². The maximum Gasteiger partial charge on any atom is 0.248 e. The van der Waals surface area contributed by atoms with Crippen LogP contribution in [-0.2, 0) is 0 Å². The average molecular weight is 503 g/mol. The molecule has 0 aromatic carbocycles. The minimum Gasteiger partial charge on any atom is -0.390 e. The third-order valence-electron chi connectivity index (χ3n) is 9.37. The highest BCUT2D eigenvalue weighted by molar-refractivity contribution is 4.97. The van der Waals surface area contributed by atoms with E-state index in [-0.39, 0.29) is 12.3 Å². The van der Waals surface area contributed by atoms with Crippen LogP contribution in [0.25, 0.3) is 0 Å². The second-order valence-electron chi connectivity index (χ2n) is 12.8. The fourth-order valence-corrected chi connectivity index (χ4v) is 7.48. The molecule has 2 saturated heterocycles. The van der Waals surface area contributed by atoms with Crippen molar-refractivity contribution < 1.29 is 18.3 Å². The highest BCUT2D eigenvalue weighted by atomic mass is 19.3. The van der Waals surface area contributed by atoms with Crippen molar-refractivity contribution in [1.82, 2.24) is 20.9 Å². The summed E-state index contributed by atoms with van der Waals surface area (Å²) in [5.41, 5.74) is -0.598. The van der Waals surface area contributed by atoms with Crippen LogP contribution in [0.1, 0.15) is 91.4 Å². The number of likely N-dealkylation sites (tertiary alicyclic amines) is 1. The van der Waals surface area contributed by atoms with Gasteiger partial charge in [-0.05, 0) is 103 Å². The molecule has 204 valence electrons. The molecule has 8 heteroatoms. The van der Waals surface area contributed by atoms with Gasteiger partial charge in [-0.25, -0.2) is 13.2 Å². The minimum absolute atomic E-state index is 0.294. The lowest BCUT2D eigenvalue weighted by atomic mass is 9.75. The van der Waals surface area contributed by atoms with Gasteiger partial charge in [0.15, 0.2) is 6.17 Å². The fourth-order valence-electron chi connectivity index (χ4n) is 7.48. The zero-order chi connectivity index (χ0) is 25.2. The van der Waals surface area contributed by atoms with Crippen LogP contribution in [0.2, 0.25) is 0 Å². The summed E-state index contributed by atoms with van der Waals surface area (Å²) in [5, 5.41) is 20.2. The molecule has 4 aliphatic rings. The Morgan fingerprint density at radius 3 is 2.20 bits per heavy atom. The van der Waals surface area contributed by atoms with Gasteiger partial charge in [0.05, 0.1) is 17.9 Å². The lowest BCUT2D eigenvalue weighted by molar-refractivity contribution is -0.0653. The van der Waals surface area contributed by atoms with Gasteiger partial charge in [-0.1, -0.05) is 12.8 Å². The molecule has 2 heterocycles.